The average molecular weight is 325 g/mol. The van der Waals surface area contributed by atoms with E-state index < -0.39 is 5.82 Å². The Morgan fingerprint density at radius 2 is 2.16 bits per heavy atom. The second-order valence-electron chi connectivity index (χ2n) is 4.28. The Morgan fingerprint density at radius 1 is 1.37 bits per heavy atom. The largest absolute Gasteiger partial charge is 0.486 e. The monoisotopic (exact) mass is 324 g/mol. The molecule has 1 atom stereocenters. The Labute approximate surface area is 119 Å². The highest BCUT2D eigenvalue weighted by atomic mass is 79.9. The first-order valence-corrected chi connectivity index (χ1v) is 6.63. The topological polar surface area (TPSA) is 48.1 Å². The van der Waals surface area contributed by atoms with E-state index in [0.29, 0.717) is 0 Å². The number of hydrogen-bond donors (Lipinski definition) is 1. The molecule has 0 spiro atoms. The fourth-order valence-electron chi connectivity index (χ4n) is 1.61. The second-order valence-corrected chi connectivity index (χ2v) is 5.19. The minimum atomic E-state index is -0.405. The van der Waals surface area contributed by atoms with Crippen LogP contribution in [0.25, 0.3) is 0 Å². The number of aromatic nitrogens is 1. The molecule has 0 saturated heterocycles. The summed E-state index contributed by atoms with van der Waals surface area (Å²) in [6.07, 6.45) is 3.36. The molecule has 2 rings (SSSR count). The van der Waals surface area contributed by atoms with Crippen molar-refractivity contribution in [1.29, 1.82) is 0 Å². The predicted molar refractivity (Wildman–Crippen MR) is 75.3 cm³/mol. The van der Waals surface area contributed by atoms with E-state index in [1.807, 2.05) is 13.0 Å². The number of rotatable bonds is 4. The van der Waals surface area contributed by atoms with Gasteiger partial charge in [-0.3, -0.25) is 4.98 Å². The van der Waals surface area contributed by atoms with Gasteiger partial charge in [0.05, 0.1) is 0 Å². The summed E-state index contributed by atoms with van der Waals surface area (Å²) in [6, 6.07) is 6.44. The molecule has 5 heteroatoms. The van der Waals surface area contributed by atoms with Crippen molar-refractivity contribution in [2.24, 2.45) is 5.73 Å². The van der Waals surface area contributed by atoms with Crippen molar-refractivity contribution in [1.82, 2.24) is 4.98 Å². The summed E-state index contributed by atoms with van der Waals surface area (Å²) in [5, 5.41) is 0. The van der Waals surface area contributed by atoms with Crippen molar-refractivity contribution in [2.45, 2.75) is 19.6 Å². The Balaban J connectivity index is 2.07. The van der Waals surface area contributed by atoms with Gasteiger partial charge in [0.1, 0.15) is 6.61 Å². The molecule has 19 heavy (non-hydrogen) atoms. The van der Waals surface area contributed by atoms with Gasteiger partial charge >= 0.3 is 0 Å². The van der Waals surface area contributed by atoms with Gasteiger partial charge in [0.2, 0.25) is 0 Å². The van der Waals surface area contributed by atoms with Gasteiger partial charge in [-0.2, -0.15) is 0 Å². The number of nitrogens with two attached hydrogens (primary N) is 1. The Bertz CT molecular complexity index is 575. The normalized spacial score (nSPS) is 12.2. The van der Waals surface area contributed by atoms with Crippen LogP contribution < -0.4 is 10.5 Å². The molecule has 0 unspecified atom stereocenters. The zero-order valence-electron chi connectivity index (χ0n) is 10.4. The van der Waals surface area contributed by atoms with Gasteiger partial charge < -0.3 is 10.5 Å². The maximum absolute atomic E-state index is 13.8. The molecule has 2 aromatic rings. The van der Waals surface area contributed by atoms with Crippen LogP contribution >= 0.6 is 15.9 Å². The van der Waals surface area contributed by atoms with Gasteiger partial charge in [-0.25, -0.2) is 4.39 Å². The summed E-state index contributed by atoms with van der Waals surface area (Å²) in [6.45, 7) is 2.07. The van der Waals surface area contributed by atoms with Gasteiger partial charge in [-0.1, -0.05) is 6.07 Å². The van der Waals surface area contributed by atoms with Crippen LogP contribution in [0.4, 0.5) is 4.39 Å². The molecule has 1 aromatic heterocycles. The van der Waals surface area contributed by atoms with Gasteiger partial charge in [0.15, 0.2) is 11.6 Å². The number of pyridine rings is 1. The summed E-state index contributed by atoms with van der Waals surface area (Å²) in [5.41, 5.74) is 7.30. The van der Waals surface area contributed by atoms with Gasteiger partial charge in [-0.05, 0) is 46.6 Å². The van der Waals surface area contributed by atoms with E-state index in [9.17, 15) is 4.39 Å². The minimum absolute atomic E-state index is 0.196. The zero-order valence-corrected chi connectivity index (χ0v) is 12.0. The van der Waals surface area contributed by atoms with Crippen molar-refractivity contribution in [3.8, 4) is 5.75 Å². The number of halogens is 2. The summed E-state index contributed by atoms with van der Waals surface area (Å²) >= 11 is 3.32. The maximum atomic E-state index is 13.8. The van der Waals surface area contributed by atoms with Crippen LogP contribution in [0.5, 0.6) is 5.75 Å². The third-order valence-corrected chi connectivity index (χ3v) is 3.07. The fourth-order valence-corrected chi connectivity index (χ4v) is 2.03. The Kier molecular flexibility index (Phi) is 4.50. The summed E-state index contributed by atoms with van der Waals surface area (Å²) < 4.78 is 20.1. The number of ether oxygens (including phenoxy) is 1. The molecular weight excluding hydrogens is 311 g/mol. The highest BCUT2D eigenvalue weighted by molar-refractivity contribution is 9.10. The number of nitrogens with zero attached hydrogens (tertiary/aromatic N) is 1. The lowest BCUT2D eigenvalue weighted by Gasteiger charge is -2.10. The lowest BCUT2D eigenvalue weighted by atomic mass is 10.1. The van der Waals surface area contributed by atoms with Crippen molar-refractivity contribution in [3.63, 3.8) is 0 Å². The SMILES string of the molecule is C[C@H](N)c1ccc(OCc2cncc(Br)c2)c(F)c1. The van der Waals surface area contributed by atoms with E-state index in [-0.39, 0.29) is 18.4 Å². The van der Waals surface area contributed by atoms with Crippen molar-refractivity contribution in [3.05, 3.63) is 58.1 Å². The first-order chi connectivity index (χ1) is 9.06. The number of hydrogen-bond acceptors (Lipinski definition) is 3. The van der Waals surface area contributed by atoms with E-state index in [1.54, 1.807) is 24.5 Å². The Morgan fingerprint density at radius 3 is 2.79 bits per heavy atom. The maximum Gasteiger partial charge on any atom is 0.165 e. The highest BCUT2D eigenvalue weighted by Gasteiger charge is 2.07. The van der Waals surface area contributed by atoms with Crippen molar-refractivity contribution < 1.29 is 9.13 Å². The van der Waals surface area contributed by atoms with E-state index in [4.69, 9.17) is 10.5 Å². The molecule has 0 aliphatic carbocycles. The lowest BCUT2D eigenvalue weighted by molar-refractivity contribution is 0.289. The first kappa shape index (κ1) is 14.0. The smallest absolute Gasteiger partial charge is 0.165 e. The quantitative estimate of drug-likeness (QED) is 0.935. The molecule has 0 radical (unpaired) electrons. The highest BCUT2D eigenvalue weighted by Crippen LogP contribution is 2.22. The van der Waals surface area contributed by atoms with Crippen LogP contribution in [0.2, 0.25) is 0 Å². The molecule has 1 heterocycles. The summed E-state index contributed by atoms with van der Waals surface area (Å²) in [7, 11) is 0. The molecule has 0 saturated carbocycles. The average Bonchev–Trinajstić information content (AvgIpc) is 2.37. The number of benzene rings is 1. The van der Waals surface area contributed by atoms with Crippen molar-refractivity contribution >= 4 is 15.9 Å². The molecule has 3 nitrogen and oxygen atoms in total. The van der Waals surface area contributed by atoms with E-state index in [2.05, 4.69) is 20.9 Å². The zero-order chi connectivity index (χ0) is 13.8. The van der Waals surface area contributed by atoms with Crippen molar-refractivity contribution in [2.75, 3.05) is 0 Å². The van der Waals surface area contributed by atoms with Gasteiger partial charge in [-0.15, -0.1) is 0 Å². The summed E-state index contributed by atoms with van der Waals surface area (Å²) in [4.78, 5) is 4.02. The van der Waals surface area contributed by atoms with E-state index >= 15 is 0 Å². The molecule has 0 amide bonds. The van der Waals surface area contributed by atoms with Crippen LogP contribution in [0.1, 0.15) is 24.1 Å². The van der Waals surface area contributed by atoms with Crippen LogP contribution in [0.3, 0.4) is 0 Å². The molecule has 1 aromatic carbocycles. The molecule has 0 bridgehead atoms. The molecule has 0 fully saturated rings. The lowest BCUT2D eigenvalue weighted by Crippen LogP contribution is -2.06. The minimum Gasteiger partial charge on any atom is -0.486 e. The molecule has 2 N–H and O–H groups in total. The molecular formula is C14H14BrFN2O. The van der Waals surface area contributed by atoms with Gasteiger partial charge in [0.25, 0.3) is 0 Å². The molecule has 0 aliphatic heterocycles. The van der Waals surface area contributed by atoms with Crippen LogP contribution in [-0.4, -0.2) is 4.98 Å². The third kappa shape index (κ3) is 3.75. The predicted octanol–water partition coefficient (Wildman–Crippen LogP) is 3.58. The summed E-state index contributed by atoms with van der Waals surface area (Å²) in [5.74, 6) is -0.192. The van der Waals surface area contributed by atoms with E-state index in [0.717, 1.165) is 15.6 Å². The van der Waals surface area contributed by atoms with Crippen LogP contribution in [0.15, 0.2) is 41.1 Å². The standard InChI is InChI=1S/C14H14BrFN2O/c1-9(17)11-2-3-14(13(16)5-11)19-8-10-4-12(15)7-18-6-10/h2-7,9H,8,17H2,1H3/t9-/m0/s1. The van der Waals surface area contributed by atoms with E-state index in [1.165, 1.54) is 6.07 Å². The van der Waals surface area contributed by atoms with Crippen LogP contribution in [0, 0.1) is 5.82 Å². The van der Waals surface area contributed by atoms with Crippen LogP contribution in [-0.2, 0) is 6.61 Å². The Hall–Kier alpha value is -1.46. The second kappa shape index (κ2) is 6.12. The molecule has 100 valence electrons. The molecule has 0 aliphatic rings. The van der Waals surface area contributed by atoms with Gasteiger partial charge in [0, 0.05) is 28.5 Å². The first-order valence-electron chi connectivity index (χ1n) is 5.83. The third-order valence-electron chi connectivity index (χ3n) is 2.64. The fraction of sp³-hybridized carbons (Fsp3) is 0.214.